The molecule has 4 nitrogen and oxygen atoms in total. The Morgan fingerprint density at radius 2 is 2.00 bits per heavy atom. The summed E-state index contributed by atoms with van der Waals surface area (Å²) in [4.78, 5) is 18.9. The zero-order valence-corrected chi connectivity index (χ0v) is 7.62. The van der Waals surface area contributed by atoms with Crippen LogP contribution in [0.15, 0.2) is 0 Å². The number of rotatable bonds is 4. The third kappa shape index (κ3) is 8.94. The summed E-state index contributed by atoms with van der Waals surface area (Å²) in [6.45, 7) is 3.80. The highest BCUT2D eigenvalue weighted by atomic mass is 16.3. The lowest BCUT2D eigenvalue weighted by Gasteiger charge is -2.06. The van der Waals surface area contributed by atoms with Crippen LogP contribution in [0, 0.1) is 5.92 Å². The number of primary amides is 1. The van der Waals surface area contributed by atoms with Crippen LogP contribution in [0.1, 0.15) is 33.1 Å². The lowest BCUT2D eigenvalue weighted by Crippen LogP contribution is -2.22. The predicted octanol–water partition coefficient (Wildman–Crippen LogP) is 0.999. The minimum atomic E-state index is -0.250. The van der Waals surface area contributed by atoms with Crippen molar-refractivity contribution in [3.63, 3.8) is 0 Å². The average Bonchev–Trinajstić information content (AvgIpc) is 2.01. The van der Waals surface area contributed by atoms with Gasteiger partial charge in [-0.3, -0.25) is 9.59 Å². The van der Waals surface area contributed by atoms with Gasteiger partial charge in [-0.15, -0.1) is 0 Å². The smallest absolute Gasteiger partial charge is 0.290 e. The van der Waals surface area contributed by atoms with E-state index >= 15 is 0 Å². The Morgan fingerprint density at radius 3 is 2.08 bits per heavy atom. The molecule has 0 aliphatic heterocycles. The van der Waals surface area contributed by atoms with Gasteiger partial charge in [0, 0.05) is 5.92 Å². The number of carbonyl (C=O) groups is 2. The van der Waals surface area contributed by atoms with E-state index < -0.39 is 0 Å². The van der Waals surface area contributed by atoms with E-state index in [-0.39, 0.29) is 18.3 Å². The van der Waals surface area contributed by atoms with E-state index in [0.29, 0.717) is 0 Å². The molecule has 72 valence electrons. The van der Waals surface area contributed by atoms with Gasteiger partial charge in [0.15, 0.2) is 0 Å². The van der Waals surface area contributed by atoms with Crippen LogP contribution in [0.25, 0.3) is 0 Å². The second-order valence-corrected chi connectivity index (χ2v) is 2.40. The third-order valence-corrected chi connectivity index (χ3v) is 1.53. The first-order valence-electron chi connectivity index (χ1n) is 4.01. The van der Waals surface area contributed by atoms with E-state index in [1.165, 1.54) is 0 Å². The Balaban J connectivity index is 0. The van der Waals surface area contributed by atoms with Crippen molar-refractivity contribution in [1.82, 2.24) is 0 Å². The molecule has 0 radical (unpaired) electrons. The molecular formula is C8H17NO3. The SMILES string of the molecule is CCCC(CC)C(N)=O.O=CO. The summed E-state index contributed by atoms with van der Waals surface area (Å²) in [5.41, 5.74) is 5.09. The van der Waals surface area contributed by atoms with Crippen molar-refractivity contribution >= 4 is 12.4 Å². The molecule has 0 saturated heterocycles. The Morgan fingerprint density at radius 1 is 1.58 bits per heavy atom. The van der Waals surface area contributed by atoms with E-state index in [0.717, 1.165) is 19.3 Å². The van der Waals surface area contributed by atoms with Gasteiger partial charge in [0.25, 0.3) is 6.47 Å². The molecule has 0 rings (SSSR count). The normalized spacial score (nSPS) is 10.8. The topological polar surface area (TPSA) is 80.4 Å². The lowest BCUT2D eigenvalue weighted by molar-refractivity contribution is -0.123. The maximum Gasteiger partial charge on any atom is 0.290 e. The van der Waals surface area contributed by atoms with Crippen LogP contribution in [0.2, 0.25) is 0 Å². The van der Waals surface area contributed by atoms with Crippen LogP contribution in [0.4, 0.5) is 0 Å². The van der Waals surface area contributed by atoms with E-state index in [2.05, 4.69) is 6.92 Å². The molecule has 0 aliphatic rings. The molecule has 0 aromatic rings. The Hall–Kier alpha value is -1.06. The van der Waals surface area contributed by atoms with Gasteiger partial charge in [0.1, 0.15) is 0 Å². The Kier molecular flexibility index (Phi) is 11.2. The number of carbonyl (C=O) groups excluding carboxylic acids is 1. The van der Waals surface area contributed by atoms with E-state index in [4.69, 9.17) is 15.6 Å². The maximum absolute atomic E-state index is 10.5. The standard InChI is InChI=1S/C7H15NO.CH2O2/c1-3-5-6(4-2)7(8)9;2-1-3/h6H,3-5H2,1-2H3,(H2,8,9);1H,(H,2,3). The van der Waals surface area contributed by atoms with Crippen molar-refractivity contribution < 1.29 is 14.7 Å². The Labute approximate surface area is 72.8 Å². The van der Waals surface area contributed by atoms with Crippen molar-refractivity contribution in [2.75, 3.05) is 0 Å². The molecule has 1 amide bonds. The summed E-state index contributed by atoms with van der Waals surface area (Å²) >= 11 is 0. The average molecular weight is 175 g/mol. The first-order chi connectivity index (χ1) is 5.63. The zero-order valence-electron chi connectivity index (χ0n) is 7.62. The van der Waals surface area contributed by atoms with Gasteiger partial charge in [-0.1, -0.05) is 20.3 Å². The fourth-order valence-corrected chi connectivity index (χ4v) is 0.896. The molecular weight excluding hydrogens is 158 g/mol. The summed E-state index contributed by atoms with van der Waals surface area (Å²) < 4.78 is 0. The van der Waals surface area contributed by atoms with Crippen LogP contribution in [-0.2, 0) is 9.59 Å². The minimum Gasteiger partial charge on any atom is -0.483 e. The molecule has 0 heterocycles. The van der Waals surface area contributed by atoms with Gasteiger partial charge in [-0.2, -0.15) is 0 Å². The van der Waals surface area contributed by atoms with Crippen molar-refractivity contribution in [3.05, 3.63) is 0 Å². The fourth-order valence-electron chi connectivity index (χ4n) is 0.896. The Bertz CT molecular complexity index is 125. The van der Waals surface area contributed by atoms with Gasteiger partial charge >= 0.3 is 0 Å². The molecule has 1 atom stereocenters. The first-order valence-corrected chi connectivity index (χ1v) is 4.01. The second-order valence-electron chi connectivity index (χ2n) is 2.40. The molecule has 0 aliphatic carbocycles. The highest BCUT2D eigenvalue weighted by molar-refractivity contribution is 5.76. The summed E-state index contributed by atoms with van der Waals surface area (Å²) in [7, 11) is 0. The molecule has 0 fully saturated rings. The molecule has 0 aromatic carbocycles. The lowest BCUT2D eigenvalue weighted by atomic mass is 10.0. The van der Waals surface area contributed by atoms with E-state index in [1.54, 1.807) is 0 Å². The molecule has 0 aromatic heterocycles. The van der Waals surface area contributed by atoms with Crippen LogP contribution in [0.3, 0.4) is 0 Å². The molecule has 0 spiro atoms. The number of hydrogen-bond donors (Lipinski definition) is 2. The number of hydrogen-bond acceptors (Lipinski definition) is 2. The van der Waals surface area contributed by atoms with Crippen LogP contribution >= 0.6 is 0 Å². The van der Waals surface area contributed by atoms with Gasteiger partial charge in [0.2, 0.25) is 5.91 Å². The van der Waals surface area contributed by atoms with Crippen LogP contribution in [-0.4, -0.2) is 17.5 Å². The molecule has 0 saturated carbocycles. The summed E-state index contributed by atoms with van der Waals surface area (Å²) in [5, 5.41) is 6.89. The second kappa shape index (κ2) is 9.94. The highest BCUT2D eigenvalue weighted by Gasteiger charge is 2.09. The van der Waals surface area contributed by atoms with Crippen molar-refractivity contribution in [2.45, 2.75) is 33.1 Å². The molecule has 4 heteroatoms. The van der Waals surface area contributed by atoms with Crippen LogP contribution in [0.5, 0.6) is 0 Å². The molecule has 3 N–H and O–H groups in total. The summed E-state index contributed by atoms with van der Waals surface area (Å²) in [5.74, 6) is -0.0469. The number of nitrogens with two attached hydrogens (primary N) is 1. The summed E-state index contributed by atoms with van der Waals surface area (Å²) in [6.07, 6.45) is 2.86. The quantitative estimate of drug-likeness (QED) is 0.625. The fraction of sp³-hybridized carbons (Fsp3) is 0.750. The third-order valence-electron chi connectivity index (χ3n) is 1.53. The molecule has 12 heavy (non-hydrogen) atoms. The predicted molar refractivity (Wildman–Crippen MR) is 46.6 cm³/mol. The van der Waals surface area contributed by atoms with Gasteiger partial charge < -0.3 is 10.8 Å². The van der Waals surface area contributed by atoms with Gasteiger partial charge in [-0.25, -0.2) is 0 Å². The highest BCUT2D eigenvalue weighted by Crippen LogP contribution is 2.08. The van der Waals surface area contributed by atoms with E-state index in [1.807, 2.05) is 6.92 Å². The maximum atomic E-state index is 10.5. The molecule has 0 bridgehead atoms. The van der Waals surface area contributed by atoms with Gasteiger partial charge in [-0.05, 0) is 12.8 Å². The minimum absolute atomic E-state index is 0.106. The van der Waals surface area contributed by atoms with E-state index in [9.17, 15) is 4.79 Å². The van der Waals surface area contributed by atoms with Gasteiger partial charge in [0.05, 0.1) is 0 Å². The van der Waals surface area contributed by atoms with Crippen molar-refractivity contribution in [2.24, 2.45) is 11.7 Å². The largest absolute Gasteiger partial charge is 0.483 e. The molecule has 1 unspecified atom stereocenters. The van der Waals surface area contributed by atoms with Crippen LogP contribution < -0.4 is 5.73 Å². The number of amides is 1. The van der Waals surface area contributed by atoms with Crippen molar-refractivity contribution in [3.8, 4) is 0 Å². The number of carboxylic acid groups (broad SMARTS) is 1. The van der Waals surface area contributed by atoms with Crippen molar-refractivity contribution in [1.29, 1.82) is 0 Å². The first kappa shape index (κ1) is 13.5. The monoisotopic (exact) mass is 175 g/mol. The summed E-state index contributed by atoms with van der Waals surface area (Å²) in [6, 6.07) is 0. The zero-order chi connectivity index (χ0) is 9.98.